The number of para-hydroxylation sites is 1. The van der Waals surface area contributed by atoms with Gasteiger partial charge in [-0.3, -0.25) is 9.79 Å². The van der Waals surface area contributed by atoms with Crippen LogP contribution in [0.1, 0.15) is 15.9 Å². The Hall–Kier alpha value is -2.90. The summed E-state index contributed by atoms with van der Waals surface area (Å²) in [6.07, 6.45) is 1.74. The molecule has 118 valence electrons. The molecule has 3 aromatic rings. The zero-order chi connectivity index (χ0) is 17.1. The fraction of sp³-hybridized carbons (Fsp3) is 0.105. The minimum Gasteiger partial charge on any atom is -0.350 e. The van der Waals surface area contributed by atoms with Gasteiger partial charge in [0.2, 0.25) is 5.78 Å². The number of aromatic nitrogens is 1. The lowest BCUT2D eigenvalue weighted by molar-refractivity contribution is 0.106. The first-order valence-corrected chi connectivity index (χ1v) is 7.75. The van der Waals surface area contributed by atoms with Crippen molar-refractivity contribution in [2.24, 2.45) is 12.0 Å². The first kappa shape index (κ1) is 16.0. The van der Waals surface area contributed by atoms with Gasteiger partial charge in [0.1, 0.15) is 6.07 Å². The number of aliphatic imine (C=N–C) groups is 1. The van der Waals surface area contributed by atoms with Gasteiger partial charge < -0.3 is 4.57 Å². The van der Waals surface area contributed by atoms with Crippen molar-refractivity contribution in [3.63, 3.8) is 0 Å². The van der Waals surface area contributed by atoms with E-state index in [9.17, 15) is 10.1 Å². The molecular formula is C19H14ClN3O. The number of benzene rings is 2. The average molecular weight is 336 g/mol. The van der Waals surface area contributed by atoms with Gasteiger partial charge in [-0.2, -0.15) is 5.26 Å². The van der Waals surface area contributed by atoms with Crippen molar-refractivity contribution in [2.45, 2.75) is 6.54 Å². The fourth-order valence-corrected chi connectivity index (χ4v) is 2.83. The first-order valence-electron chi connectivity index (χ1n) is 7.38. The van der Waals surface area contributed by atoms with Crippen LogP contribution in [0.2, 0.25) is 5.02 Å². The molecule has 0 amide bonds. The maximum atomic E-state index is 12.7. The molecule has 1 aromatic heterocycles. The molecule has 0 N–H and O–H groups in total. The molecule has 0 fully saturated rings. The maximum absolute atomic E-state index is 12.7. The highest BCUT2D eigenvalue weighted by atomic mass is 35.5. The van der Waals surface area contributed by atoms with Crippen molar-refractivity contribution in [3.05, 3.63) is 70.9 Å². The Kier molecular flexibility index (Phi) is 4.45. The Bertz CT molecular complexity index is 995. The van der Waals surface area contributed by atoms with Crippen LogP contribution in [0.15, 0.2) is 59.7 Å². The SMILES string of the molecule is Cn1cc(C(=O)C(C#N)=NCc2cccc(Cl)c2)c2ccccc21. The molecule has 0 aliphatic rings. The molecule has 0 aliphatic heterocycles. The number of halogens is 1. The summed E-state index contributed by atoms with van der Waals surface area (Å²) in [5, 5.41) is 10.7. The van der Waals surface area contributed by atoms with Gasteiger partial charge in [-0.05, 0) is 23.8 Å². The second-order valence-corrected chi connectivity index (χ2v) is 5.84. The molecule has 4 nitrogen and oxygen atoms in total. The minimum absolute atomic E-state index is 0.105. The topological polar surface area (TPSA) is 58.1 Å². The van der Waals surface area contributed by atoms with E-state index in [2.05, 4.69) is 4.99 Å². The number of Topliss-reactive ketones (excluding diaryl/α,β-unsaturated/α-hetero) is 1. The van der Waals surface area contributed by atoms with Crippen molar-refractivity contribution in [3.8, 4) is 6.07 Å². The van der Waals surface area contributed by atoms with Gasteiger partial charge >= 0.3 is 0 Å². The smallest absolute Gasteiger partial charge is 0.223 e. The molecular weight excluding hydrogens is 322 g/mol. The number of hydrogen-bond acceptors (Lipinski definition) is 3. The highest BCUT2D eigenvalue weighted by molar-refractivity contribution is 6.52. The highest BCUT2D eigenvalue weighted by Crippen LogP contribution is 2.21. The standard InChI is InChI=1S/C19H14ClN3O/c1-23-12-16(15-7-2-3-8-18(15)23)19(24)17(10-21)22-11-13-5-4-6-14(20)9-13/h2-9,12H,11H2,1H3. The fourth-order valence-electron chi connectivity index (χ4n) is 2.61. The summed E-state index contributed by atoms with van der Waals surface area (Å²) in [5.41, 5.74) is 2.17. The lowest BCUT2D eigenvalue weighted by atomic mass is 10.1. The monoisotopic (exact) mass is 335 g/mol. The van der Waals surface area contributed by atoms with Crippen LogP contribution >= 0.6 is 11.6 Å². The van der Waals surface area contributed by atoms with Crippen LogP contribution in [0.4, 0.5) is 0 Å². The quantitative estimate of drug-likeness (QED) is 0.530. The Morgan fingerprint density at radius 1 is 1.25 bits per heavy atom. The molecule has 0 spiro atoms. The van der Waals surface area contributed by atoms with E-state index in [4.69, 9.17) is 11.6 Å². The normalized spacial score (nSPS) is 11.5. The predicted molar refractivity (Wildman–Crippen MR) is 95.5 cm³/mol. The third-order valence-electron chi connectivity index (χ3n) is 3.77. The van der Waals surface area contributed by atoms with Crippen LogP contribution in [0, 0.1) is 11.3 Å². The Balaban J connectivity index is 1.94. The molecule has 0 saturated carbocycles. The number of aryl methyl sites for hydroxylation is 1. The summed E-state index contributed by atoms with van der Waals surface area (Å²) >= 11 is 5.94. The van der Waals surface area contributed by atoms with Gasteiger partial charge in [0.15, 0.2) is 5.71 Å². The summed E-state index contributed by atoms with van der Waals surface area (Å²) in [6, 6.07) is 16.7. The van der Waals surface area contributed by atoms with Gasteiger partial charge in [-0.1, -0.05) is 41.9 Å². The van der Waals surface area contributed by atoms with E-state index >= 15 is 0 Å². The van der Waals surface area contributed by atoms with Gasteiger partial charge in [-0.15, -0.1) is 0 Å². The van der Waals surface area contributed by atoms with Crippen molar-refractivity contribution in [1.29, 1.82) is 5.26 Å². The average Bonchev–Trinajstić information content (AvgIpc) is 2.93. The number of nitriles is 1. The van der Waals surface area contributed by atoms with Crippen LogP contribution in [-0.4, -0.2) is 16.1 Å². The van der Waals surface area contributed by atoms with Crippen LogP contribution in [-0.2, 0) is 13.6 Å². The molecule has 2 aromatic carbocycles. The van der Waals surface area contributed by atoms with E-state index in [-0.39, 0.29) is 18.0 Å². The van der Waals surface area contributed by atoms with Crippen LogP contribution in [0.25, 0.3) is 10.9 Å². The number of ketones is 1. The van der Waals surface area contributed by atoms with Gasteiger partial charge in [0, 0.05) is 29.2 Å². The molecule has 3 rings (SSSR count). The van der Waals surface area contributed by atoms with Crippen LogP contribution < -0.4 is 0 Å². The summed E-state index contributed by atoms with van der Waals surface area (Å²) in [7, 11) is 1.87. The number of carbonyl (C=O) groups is 1. The predicted octanol–water partition coefficient (Wildman–Crippen LogP) is 4.18. The molecule has 0 atom stereocenters. The largest absolute Gasteiger partial charge is 0.350 e. The van der Waals surface area contributed by atoms with E-state index in [1.807, 2.05) is 54.1 Å². The molecule has 5 heteroatoms. The van der Waals surface area contributed by atoms with E-state index in [1.165, 1.54) is 0 Å². The molecule has 0 radical (unpaired) electrons. The molecule has 1 heterocycles. The molecule has 24 heavy (non-hydrogen) atoms. The van der Waals surface area contributed by atoms with E-state index in [0.29, 0.717) is 10.6 Å². The van der Waals surface area contributed by atoms with Crippen LogP contribution in [0.3, 0.4) is 0 Å². The number of nitrogens with zero attached hydrogens (tertiary/aromatic N) is 3. The van der Waals surface area contributed by atoms with Gasteiger partial charge in [0.05, 0.1) is 12.1 Å². The van der Waals surface area contributed by atoms with Crippen LogP contribution in [0.5, 0.6) is 0 Å². The van der Waals surface area contributed by atoms with Crippen molar-refractivity contribution < 1.29 is 4.79 Å². The Labute approximate surface area is 144 Å². The Morgan fingerprint density at radius 3 is 2.79 bits per heavy atom. The minimum atomic E-state index is -0.365. The molecule has 0 aliphatic carbocycles. The third kappa shape index (κ3) is 3.08. The van der Waals surface area contributed by atoms with Crippen molar-refractivity contribution >= 4 is 34.0 Å². The summed E-state index contributed by atoms with van der Waals surface area (Å²) < 4.78 is 1.87. The Morgan fingerprint density at radius 2 is 2.04 bits per heavy atom. The van der Waals surface area contributed by atoms with Crippen molar-refractivity contribution in [1.82, 2.24) is 4.57 Å². The van der Waals surface area contributed by atoms with E-state index in [1.54, 1.807) is 18.3 Å². The van der Waals surface area contributed by atoms with Gasteiger partial charge in [0.25, 0.3) is 0 Å². The van der Waals surface area contributed by atoms with Crippen molar-refractivity contribution in [2.75, 3.05) is 0 Å². The zero-order valence-corrected chi connectivity index (χ0v) is 13.8. The van der Waals surface area contributed by atoms with E-state index in [0.717, 1.165) is 16.5 Å². The summed E-state index contributed by atoms with van der Waals surface area (Å²) in [4.78, 5) is 16.9. The van der Waals surface area contributed by atoms with Gasteiger partial charge in [-0.25, -0.2) is 0 Å². The zero-order valence-electron chi connectivity index (χ0n) is 13.0. The lowest BCUT2D eigenvalue weighted by Gasteiger charge is -2.00. The summed E-state index contributed by atoms with van der Waals surface area (Å²) in [6.45, 7) is 0.236. The first-order chi connectivity index (χ1) is 11.6. The number of carbonyl (C=O) groups excluding carboxylic acids is 1. The summed E-state index contributed by atoms with van der Waals surface area (Å²) in [5.74, 6) is -0.365. The third-order valence-corrected chi connectivity index (χ3v) is 4.01. The number of fused-ring (bicyclic) bond motifs is 1. The van der Waals surface area contributed by atoms with E-state index < -0.39 is 0 Å². The molecule has 0 unspecified atom stereocenters. The highest BCUT2D eigenvalue weighted by Gasteiger charge is 2.18. The second kappa shape index (κ2) is 6.69. The number of rotatable bonds is 4. The maximum Gasteiger partial charge on any atom is 0.223 e. The number of hydrogen-bond donors (Lipinski definition) is 0. The molecule has 0 bridgehead atoms. The lowest BCUT2D eigenvalue weighted by Crippen LogP contribution is -2.12. The second-order valence-electron chi connectivity index (χ2n) is 5.41. The molecule has 0 saturated heterocycles.